The highest BCUT2D eigenvalue weighted by Crippen LogP contribution is 2.24. The molecule has 1 aromatic heterocycles. The lowest BCUT2D eigenvalue weighted by molar-refractivity contribution is 0.238. The Morgan fingerprint density at radius 3 is 2.71 bits per heavy atom. The van der Waals surface area contributed by atoms with Crippen molar-refractivity contribution < 1.29 is 0 Å². The lowest BCUT2D eigenvalue weighted by atomic mass is 9.81. The number of aromatic nitrogens is 2. The van der Waals surface area contributed by atoms with E-state index in [4.69, 9.17) is 0 Å². The van der Waals surface area contributed by atoms with Gasteiger partial charge in [-0.25, -0.2) is 0 Å². The fourth-order valence-electron chi connectivity index (χ4n) is 1.58. The van der Waals surface area contributed by atoms with E-state index in [0.29, 0.717) is 11.3 Å². The van der Waals surface area contributed by atoms with Crippen LogP contribution < -0.4 is 5.32 Å². The fraction of sp³-hybridized carbons (Fsp3) is 0.786. The van der Waals surface area contributed by atoms with Gasteiger partial charge in [-0.05, 0) is 17.8 Å². The Bertz CT molecular complexity index is 326. The van der Waals surface area contributed by atoms with Crippen molar-refractivity contribution in [2.75, 3.05) is 6.54 Å². The van der Waals surface area contributed by atoms with Gasteiger partial charge in [-0.2, -0.15) is 5.10 Å². The molecule has 0 aliphatic carbocycles. The van der Waals surface area contributed by atoms with Crippen LogP contribution >= 0.6 is 0 Å². The first-order chi connectivity index (χ1) is 7.95. The molecule has 1 rings (SSSR count). The molecule has 0 aromatic carbocycles. The minimum atomic E-state index is 0.347. The second-order valence-corrected chi connectivity index (χ2v) is 5.86. The third-order valence-electron chi connectivity index (χ3n) is 3.61. The second kappa shape index (κ2) is 6.20. The molecule has 1 heterocycles. The number of aryl methyl sites for hydroxylation is 1. The SMILES string of the molecule is CCCn1cc(CNCC(C)(C)C(C)C)cn1. The van der Waals surface area contributed by atoms with Crippen molar-refractivity contribution in [3.63, 3.8) is 0 Å². The van der Waals surface area contributed by atoms with Gasteiger partial charge in [-0.1, -0.05) is 34.6 Å². The molecular formula is C14H27N3. The summed E-state index contributed by atoms with van der Waals surface area (Å²) in [5.74, 6) is 0.692. The fourth-order valence-corrected chi connectivity index (χ4v) is 1.58. The molecular weight excluding hydrogens is 210 g/mol. The molecule has 0 atom stereocenters. The van der Waals surface area contributed by atoms with E-state index in [9.17, 15) is 0 Å². The van der Waals surface area contributed by atoms with E-state index in [1.165, 1.54) is 5.56 Å². The Labute approximate surface area is 106 Å². The standard InChI is InChI=1S/C14H27N3/c1-6-7-17-10-13(9-16-17)8-15-11-14(4,5)12(2)3/h9-10,12,15H,6-8,11H2,1-5H3. The molecule has 17 heavy (non-hydrogen) atoms. The smallest absolute Gasteiger partial charge is 0.0534 e. The summed E-state index contributed by atoms with van der Waals surface area (Å²) in [5, 5.41) is 7.86. The van der Waals surface area contributed by atoms with Crippen LogP contribution in [0.3, 0.4) is 0 Å². The van der Waals surface area contributed by atoms with Crippen LogP contribution in [0.25, 0.3) is 0 Å². The monoisotopic (exact) mass is 237 g/mol. The Hall–Kier alpha value is -0.830. The van der Waals surface area contributed by atoms with Gasteiger partial charge in [0.2, 0.25) is 0 Å². The van der Waals surface area contributed by atoms with Gasteiger partial charge in [0.15, 0.2) is 0 Å². The first-order valence-electron chi connectivity index (χ1n) is 6.67. The van der Waals surface area contributed by atoms with Crippen molar-refractivity contribution in [3.8, 4) is 0 Å². The lowest BCUT2D eigenvalue weighted by Gasteiger charge is -2.29. The molecule has 0 unspecified atom stereocenters. The van der Waals surface area contributed by atoms with Gasteiger partial charge >= 0.3 is 0 Å². The average Bonchev–Trinajstić information content (AvgIpc) is 2.66. The molecule has 0 aliphatic heterocycles. The van der Waals surface area contributed by atoms with E-state index in [2.05, 4.69) is 51.2 Å². The van der Waals surface area contributed by atoms with Gasteiger partial charge in [-0.15, -0.1) is 0 Å². The molecule has 0 amide bonds. The maximum atomic E-state index is 4.33. The predicted molar refractivity (Wildman–Crippen MR) is 72.8 cm³/mol. The van der Waals surface area contributed by atoms with Crippen LogP contribution in [-0.2, 0) is 13.1 Å². The minimum absolute atomic E-state index is 0.347. The summed E-state index contributed by atoms with van der Waals surface area (Å²) in [7, 11) is 0. The number of rotatable bonds is 7. The summed E-state index contributed by atoms with van der Waals surface area (Å²) in [4.78, 5) is 0. The number of nitrogens with zero attached hydrogens (tertiary/aromatic N) is 2. The molecule has 98 valence electrons. The van der Waals surface area contributed by atoms with E-state index < -0.39 is 0 Å². The Balaban J connectivity index is 2.35. The predicted octanol–water partition coefficient (Wildman–Crippen LogP) is 3.06. The van der Waals surface area contributed by atoms with Crippen molar-refractivity contribution in [2.24, 2.45) is 11.3 Å². The van der Waals surface area contributed by atoms with Crippen molar-refractivity contribution in [1.29, 1.82) is 0 Å². The van der Waals surface area contributed by atoms with Crippen LogP contribution in [0.4, 0.5) is 0 Å². The van der Waals surface area contributed by atoms with Crippen molar-refractivity contribution in [1.82, 2.24) is 15.1 Å². The summed E-state index contributed by atoms with van der Waals surface area (Å²) in [6.07, 6.45) is 5.23. The van der Waals surface area contributed by atoms with Gasteiger partial charge in [0.1, 0.15) is 0 Å². The zero-order valence-electron chi connectivity index (χ0n) is 12.0. The number of hydrogen-bond donors (Lipinski definition) is 1. The molecule has 0 saturated carbocycles. The molecule has 0 fully saturated rings. The highest BCUT2D eigenvalue weighted by molar-refractivity contribution is 5.03. The molecule has 1 aromatic rings. The third-order valence-corrected chi connectivity index (χ3v) is 3.61. The molecule has 3 heteroatoms. The first kappa shape index (κ1) is 14.2. The van der Waals surface area contributed by atoms with Crippen LogP contribution in [-0.4, -0.2) is 16.3 Å². The first-order valence-corrected chi connectivity index (χ1v) is 6.67. The van der Waals surface area contributed by atoms with E-state index >= 15 is 0 Å². The summed E-state index contributed by atoms with van der Waals surface area (Å²) >= 11 is 0. The molecule has 0 bridgehead atoms. The maximum absolute atomic E-state index is 4.33. The second-order valence-electron chi connectivity index (χ2n) is 5.86. The highest BCUT2D eigenvalue weighted by atomic mass is 15.3. The molecule has 0 spiro atoms. The van der Waals surface area contributed by atoms with Crippen LogP contribution in [0.1, 0.15) is 46.6 Å². The quantitative estimate of drug-likeness (QED) is 0.790. The summed E-state index contributed by atoms with van der Waals surface area (Å²) in [6, 6.07) is 0. The largest absolute Gasteiger partial charge is 0.312 e. The third kappa shape index (κ3) is 4.50. The molecule has 0 saturated heterocycles. The number of nitrogens with one attached hydrogen (secondary N) is 1. The molecule has 3 nitrogen and oxygen atoms in total. The minimum Gasteiger partial charge on any atom is -0.312 e. The zero-order valence-corrected chi connectivity index (χ0v) is 12.0. The van der Waals surface area contributed by atoms with Gasteiger partial charge in [0.05, 0.1) is 6.20 Å². The van der Waals surface area contributed by atoms with Crippen LogP contribution in [0.2, 0.25) is 0 Å². The van der Waals surface area contributed by atoms with Crippen LogP contribution in [0, 0.1) is 11.3 Å². The van der Waals surface area contributed by atoms with Crippen molar-refractivity contribution in [2.45, 2.75) is 54.1 Å². The Morgan fingerprint density at radius 2 is 2.12 bits per heavy atom. The van der Waals surface area contributed by atoms with Crippen molar-refractivity contribution >= 4 is 0 Å². The van der Waals surface area contributed by atoms with Crippen LogP contribution in [0.5, 0.6) is 0 Å². The lowest BCUT2D eigenvalue weighted by Crippen LogP contribution is -2.33. The Kier molecular flexibility index (Phi) is 5.19. The molecule has 0 aliphatic rings. The van der Waals surface area contributed by atoms with Crippen LogP contribution in [0.15, 0.2) is 12.4 Å². The van der Waals surface area contributed by atoms with E-state index in [-0.39, 0.29) is 0 Å². The normalized spacial score (nSPS) is 12.4. The van der Waals surface area contributed by atoms with E-state index in [0.717, 1.165) is 26.1 Å². The van der Waals surface area contributed by atoms with E-state index in [1.54, 1.807) is 0 Å². The van der Waals surface area contributed by atoms with Gasteiger partial charge in [0, 0.05) is 31.4 Å². The van der Waals surface area contributed by atoms with Gasteiger partial charge in [-0.3, -0.25) is 4.68 Å². The summed E-state index contributed by atoms with van der Waals surface area (Å²) < 4.78 is 2.02. The highest BCUT2D eigenvalue weighted by Gasteiger charge is 2.21. The average molecular weight is 237 g/mol. The van der Waals surface area contributed by atoms with Crippen molar-refractivity contribution in [3.05, 3.63) is 18.0 Å². The van der Waals surface area contributed by atoms with Gasteiger partial charge in [0.25, 0.3) is 0 Å². The molecule has 1 N–H and O–H groups in total. The summed E-state index contributed by atoms with van der Waals surface area (Å²) in [6.45, 7) is 14.3. The number of hydrogen-bond acceptors (Lipinski definition) is 2. The molecule has 0 radical (unpaired) electrons. The topological polar surface area (TPSA) is 29.9 Å². The Morgan fingerprint density at radius 1 is 1.41 bits per heavy atom. The van der Waals surface area contributed by atoms with E-state index in [1.807, 2.05) is 10.9 Å². The summed E-state index contributed by atoms with van der Waals surface area (Å²) in [5.41, 5.74) is 1.62. The van der Waals surface area contributed by atoms with Gasteiger partial charge < -0.3 is 5.32 Å². The maximum Gasteiger partial charge on any atom is 0.0534 e. The zero-order chi connectivity index (χ0) is 12.9.